The van der Waals surface area contributed by atoms with E-state index >= 15 is 0 Å². The van der Waals surface area contributed by atoms with E-state index in [0.29, 0.717) is 49.1 Å². The molecule has 2 amide bonds. The van der Waals surface area contributed by atoms with Crippen molar-refractivity contribution in [3.63, 3.8) is 0 Å². The maximum atomic E-state index is 13.2. The summed E-state index contributed by atoms with van der Waals surface area (Å²) in [5, 5.41) is 2.92. The molecule has 0 saturated carbocycles. The first-order valence-electron chi connectivity index (χ1n) is 10.4. The van der Waals surface area contributed by atoms with Gasteiger partial charge in [-0.05, 0) is 42.5 Å². The molecule has 1 aliphatic rings. The van der Waals surface area contributed by atoms with Crippen molar-refractivity contribution < 1.29 is 28.5 Å². The molecule has 1 heterocycles. The average molecular weight is 443 g/mol. The molecule has 0 aromatic heterocycles. The summed E-state index contributed by atoms with van der Waals surface area (Å²) in [6.45, 7) is 1.51. The van der Waals surface area contributed by atoms with Gasteiger partial charge in [0.1, 0.15) is 17.2 Å². The number of likely N-dealkylation sites (tertiary alicyclic amines) is 1. The number of hydrogen-bond acceptors (Lipinski definition) is 6. The minimum absolute atomic E-state index is 0.123. The highest BCUT2D eigenvalue weighted by Gasteiger charge is 2.41. The molecule has 0 aliphatic carbocycles. The largest absolute Gasteiger partial charge is 0.497 e. The topological polar surface area (TPSA) is 86.3 Å². The number of ether oxygens (including phenoxy) is 4. The lowest BCUT2D eigenvalue weighted by Crippen LogP contribution is -2.37. The van der Waals surface area contributed by atoms with Crippen LogP contribution < -0.4 is 19.5 Å². The van der Waals surface area contributed by atoms with E-state index in [9.17, 15) is 9.59 Å². The maximum Gasteiger partial charge on any atom is 0.253 e. The van der Waals surface area contributed by atoms with Crippen molar-refractivity contribution in [2.45, 2.75) is 5.92 Å². The van der Waals surface area contributed by atoms with Gasteiger partial charge in [-0.25, -0.2) is 0 Å². The number of hydrogen-bond donors (Lipinski definition) is 1. The van der Waals surface area contributed by atoms with Crippen LogP contribution in [0.2, 0.25) is 0 Å². The highest BCUT2D eigenvalue weighted by Crippen LogP contribution is 2.40. The van der Waals surface area contributed by atoms with Crippen LogP contribution in [0.3, 0.4) is 0 Å². The summed E-state index contributed by atoms with van der Waals surface area (Å²) >= 11 is 0. The summed E-state index contributed by atoms with van der Waals surface area (Å²) in [5.41, 5.74) is 1.38. The average Bonchev–Trinajstić information content (AvgIpc) is 3.28. The quantitative estimate of drug-likeness (QED) is 0.600. The van der Waals surface area contributed by atoms with Crippen molar-refractivity contribution in [2.75, 3.05) is 54.7 Å². The Bertz CT molecular complexity index is 931. The molecule has 3 rings (SSSR count). The Hall–Kier alpha value is -3.26. The molecule has 2 atom stereocenters. The first kappa shape index (κ1) is 23.4. The molecule has 8 heteroatoms. The molecule has 1 fully saturated rings. The first-order chi connectivity index (χ1) is 15.5. The van der Waals surface area contributed by atoms with E-state index in [0.717, 1.165) is 5.56 Å². The Labute approximate surface area is 188 Å². The predicted octanol–water partition coefficient (Wildman–Crippen LogP) is 2.33. The molecule has 0 unspecified atom stereocenters. The number of nitrogens with zero attached hydrogens (tertiary/aromatic N) is 1. The molecule has 0 radical (unpaired) electrons. The lowest BCUT2D eigenvalue weighted by molar-refractivity contribution is -0.125. The van der Waals surface area contributed by atoms with Crippen LogP contribution in [0.15, 0.2) is 42.5 Å². The number of methoxy groups -OCH3 is 4. The number of rotatable bonds is 9. The number of carbonyl (C=O) groups excluding carboxylic acids is 2. The molecule has 1 aliphatic heterocycles. The van der Waals surface area contributed by atoms with Gasteiger partial charge >= 0.3 is 0 Å². The normalized spacial score (nSPS) is 17.7. The Morgan fingerprint density at radius 2 is 1.62 bits per heavy atom. The standard InChI is InChI=1S/C24H30N2O6/c1-29-12-11-25-23(27)21-15-26(24(28)16-5-7-17(30-2)8-6-16)14-20(21)19-13-18(31-3)9-10-22(19)32-4/h5-10,13,20-21H,11-12,14-15H2,1-4H3,(H,25,27)/t20-,21+/m0/s1. The second-order valence-electron chi connectivity index (χ2n) is 7.54. The van der Waals surface area contributed by atoms with Gasteiger partial charge in [0.05, 0.1) is 33.9 Å². The molecular formula is C24H30N2O6. The molecule has 1 N–H and O–H groups in total. The molecule has 8 nitrogen and oxygen atoms in total. The Kier molecular flexibility index (Phi) is 7.94. The van der Waals surface area contributed by atoms with Crippen LogP contribution in [-0.2, 0) is 9.53 Å². The Morgan fingerprint density at radius 3 is 2.25 bits per heavy atom. The highest BCUT2D eigenvalue weighted by atomic mass is 16.5. The van der Waals surface area contributed by atoms with Crippen molar-refractivity contribution in [2.24, 2.45) is 5.92 Å². The monoisotopic (exact) mass is 442 g/mol. The summed E-state index contributed by atoms with van der Waals surface area (Å²) in [5.74, 6) is 1.06. The van der Waals surface area contributed by atoms with Crippen LogP contribution in [0, 0.1) is 5.92 Å². The minimum atomic E-state index is -0.435. The molecule has 2 aromatic carbocycles. The lowest BCUT2D eigenvalue weighted by Gasteiger charge is -2.21. The van der Waals surface area contributed by atoms with E-state index < -0.39 is 5.92 Å². The highest BCUT2D eigenvalue weighted by molar-refractivity contribution is 5.95. The van der Waals surface area contributed by atoms with Crippen molar-refractivity contribution in [3.05, 3.63) is 53.6 Å². The molecule has 172 valence electrons. The van der Waals surface area contributed by atoms with Crippen LogP contribution in [-0.4, -0.2) is 71.4 Å². The van der Waals surface area contributed by atoms with Crippen LogP contribution in [0.5, 0.6) is 17.2 Å². The van der Waals surface area contributed by atoms with Crippen molar-refractivity contribution in [1.82, 2.24) is 10.2 Å². The number of benzene rings is 2. The van der Waals surface area contributed by atoms with E-state index in [1.165, 1.54) is 0 Å². The summed E-state index contributed by atoms with van der Waals surface area (Å²) in [7, 11) is 6.35. The fourth-order valence-corrected chi connectivity index (χ4v) is 4.00. The van der Waals surface area contributed by atoms with Crippen LogP contribution in [0.25, 0.3) is 0 Å². The molecule has 0 bridgehead atoms. The van der Waals surface area contributed by atoms with Gasteiger partial charge in [-0.15, -0.1) is 0 Å². The second-order valence-corrected chi connectivity index (χ2v) is 7.54. The predicted molar refractivity (Wildman–Crippen MR) is 120 cm³/mol. The Morgan fingerprint density at radius 1 is 0.938 bits per heavy atom. The van der Waals surface area contributed by atoms with Gasteiger partial charge in [-0.2, -0.15) is 0 Å². The van der Waals surface area contributed by atoms with Gasteiger partial charge in [0.15, 0.2) is 0 Å². The van der Waals surface area contributed by atoms with Crippen LogP contribution in [0.4, 0.5) is 0 Å². The van der Waals surface area contributed by atoms with Crippen molar-refractivity contribution in [3.8, 4) is 17.2 Å². The van der Waals surface area contributed by atoms with Gasteiger partial charge in [0.25, 0.3) is 5.91 Å². The third-order valence-electron chi connectivity index (χ3n) is 5.72. The van der Waals surface area contributed by atoms with Gasteiger partial charge in [-0.1, -0.05) is 0 Å². The van der Waals surface area contributed by atoms with E-state index in [1.54, 1.807) is 57.6 Å². The summed E-state index contributed by atoms with van der Waals surface area (Å²) in [6.07, 6.45) is 0. The zero-order valence-electron chi connectivity index (χ0n) is 18.9. The second kappa shape index (κ2) is 10.9. The van der Waals surface area contributed by atoms with Gasteiger partial charge < -0.3 is 29.2 Å². The van der Waals surface area contributed by atoms with E-state index in [1.807, 2.05) is 18.2 Å². The molecule has 1 saturated heterocycles. The van der Waals surface area contributed by atoms with Gasteiger partial charge in [0, 0.05) is 43.8 Å². The lowest BCUT2D eigenvalue weighted by atomic mass is 9.87. The fraction of sp³-hybridized carbons (Fsp3) is 0.417. The number of carbonyl (C=O) groups is 2. The molecule has 2 aromatic rings. The smallest absolute Gasteiger partial charge is 0.253 e. The summed E-state index contributed by atoms with van der Waals surface area (Å²) in [4.78, 5) is 28.0. The van der Waals surface area contributed by atoms with E-state index in [2.05, 4.69) is 5.32 Å². The van der Waals surface area contributed by atoms with Crippen molar-refractivity contribution >= 4 is 11.8 Å². The summed E-state index contributed by atoms with van der Waals surface area (Å²) < 4.78 is 21.2. The first-order valence-corrected chi connectivity index (χ1v) is 10.4. The molecule has 0 spiro atoms. The zero-order valence-corrected chi connectivity index (χ0v) is 18.9. The molecular weight excluding hydrogens is 412 g/mol. The fourth-order valence-electron chi connectivity index (χ4n) is 4.00. The van der Waals surface area contributed by atoms with Crippen LogP contribution >= 0.6 is 0 Å². The third-order valence-corrected chi connectivity index (χ3v) is 5.72. The SMILES string of the molecule is COCCNC(=O)[C@@H]1CN(C(=O)c2ccc(OC)cc2)C[C@H]1c1cc(OC)ccc1OC. The summed E-state index contributed by atoms with van der Waals surface area (Å²) in [6, 6.07) is 12.5. The molecule has 32 heavy (non-hydrogen) atoms. The van der Waals surface area contributed by atoms with Crippen LogP contribution in [0.1, 0.15) is 21.8 Å². The zero-order chi connectivity index (χ0) is 23.1. The van der Waals surface area contributed by atoms with E-state index in [-0.39, 0.29) is 17.7 Å². The van der Waals surface area contributed by atoms with Gasteiger partial charge in [0.2, 0.25) is 5.91 Å². The number of nitrogens with one attached hydrogen (secondary N) is 1. The third kappa shape index (κ3) is 5.13. The number of amides is 2. The maximum absolute atomic E-state index is 13.2. The Balaban J connectivity index is 1.90. The van der Waals surface area contributed by atoms with Crippen molar-refractivity contribution in [1.29, 1.82) is 0 Å². The van der Waals surface area contributed by atoms with E-state index in [4.69, 9.17) is 18.9 Å². The van der Waals surface area contributed by atoms with Gasteiger partial charge in [-0.3, -0.25) is 9.59 Å². The minimum Gasteiger partial charge on any atom is -0.497 e.